The predicted octanol–water partition coefficient (Wildman–Crippen LogP) is 2.60. The average molecular weight is 490 g/mol. The normalized spacial score (nSPS) is 17.9. The predicted molar refractivity (Wildman–Crippen MR) is 136 cm³/mol. The molecule has 0 radical (unpaired) electrons. The molecule has 1 aliphatic heterocycles. The lowest BCUT2D eigenvalue weighted by Crippen LogP contribution is -2.70. The molecule has 4 rings (SSSR count). The number of imide groups is 1. The number of urea groups is 1. The summed E-state index contributed by atoms with van der Waals surface area (Å²) in [6.07, 6.45) is 4.17. The Kier molecular flexibility index (Phi) is 7.05. The number of nitrogens with two attached hydrogens (primary N) is 1. The van der Waals surface area contributed by atoms with Crippen molar-refractivity contribution < 1.29 is 14.4 Å². The first-order chi connectivity index (χ1) is 17.2. The van der Waals surface area contributed by atoms with E-state index in [4.69, 9.17) is 5.73 Å². The number of nitrogen functional groups attached to an aromatic ring is 1. The van der Waals surface area contributed by atoms with E-state index in [-0.39, 0.29) is 18.4 Å². The van der Waals surface area contributed by atoms with Crippen molar-refractivity contribution >= 4 is 29.5 Å². The Morgan fingerprint density at radius 2 is 1.97 bits per heavy atom. The second-order valence-corrected chi connectivity index (χ2v) is 9.06. The van der Waals surface area contributed by atoms with Gasteiger partial charge < -0.3 is 11.1 Å². The molecule has 1 aliphatic rings. The lowest BCUT2D eigenvalue weighted by Gasteiger charge is -2.45. The molecule has 1 fully saturated rings. The maximum absolute atomic E-state index is 13.6. The zero-order valence-electron chi connectivity index (χ0n) is 20.9. The van der Waals surface area contributed by atoms with Gasteiger partial charge in [0.15, 0.2) is 5.82 Å². The van der Waals surface area contributed by atoms with Crippen molar-refractivity contribution in [3.05, 3.63) is 71.5 Å². The third kappa shape index (κ3) is 4.79. The summed E-state index contributed by atoms with van der Waals surface area (Å²) in [6.45, 7) is 3.94. The van der Waals surface area contributed by atoms with Gasteiger partial charge in [0.1, 0.15) is 11.9 Å². The van der Waals surface area contributed by atoms with Gasteiger partial charge in [0.05, 0.1) is 12.0 Å². The van der Waals surface area contributed by atoms with Gasteiger partial charge in [-0.05, 0) is 48.6 Å². The minimum Gasteiger partial charge on any atom is -0.384 e. The third-order valence-corrected chi connectivity index (χ3v) is 6.63. The Bertz CT molecular complexity index is 1290. The number of β-lactam (4-membered cyclic amide) rings is 1. The van der Waals surface area contributed by atoms with Crippen molar-refractivity contribution in [2.24, 2.45) is 13.0 Å². The molecule has 36 heavy (non-hydrogen) atoms. The number of carbonyl (C=O) groups is 3. The van der Waals surface area contributed by atoms with E-state index in [2.05, 4.69) is 15.4 Å². The molecule has 1 aromatic carbocycles. The number of hydrogen-bond acceptors (Lipinski definition) is 6. The summed E-state index contributed by atoms with van der Waals surface area (Å²) in [5.41, 5.74) is 8.58. The second kappa shape index (κ2) is 10.2. The number of nitrogens with zero attached hydrogens (tertiary/aromatic N) is 5. The standard InChI is InChI=1S/C26H31N7O3/c1-5-20(18-9-7-6-8-16(18)2)29-26(36)33-23(25(35)32(4)22-11-13-31(3)30-22)19(24(33)34)14-17-10-12-28-21(27)15-17/h6-13,15,19-20,23H,5,14H2,1-4H3,(H2,27,28)(H,29,36)/t19-,20-,23+/m1/s1. The highest BCUT2D eigenvalue weighted by Crippen LogP contribution is 2.33. The van der Waals surface area contributed by atoms with Crippen LogP contribution in [0.25, 0.3) is 0 Å². The molecule has 2 aromatic heterocycles. The van der Waals surface area contributed by atoms with Crippen molar-refractivity contribution in [3.63, 3.8) is 0 Å². The van der Waals surface area contributed by atoms with E-state index in [0.29, 0.717) is 18.1 Å². The van der Waals surface area contributed by atoms with Crippen molar-refractivity contribution in [3.8, 4) is 0 Å². The van der Waals surface area contributed by atoms with Crippen LogP contribution in [0.1, 0.15) is 36.1 Å². The highest BCUT2D eigenvalue weighted by atomic mass is 16.2. The van der Waals surface area contributed by atoms with Gasteiger partial charge in [-0.2, -0.15) is 5.10 Å². The van der Waals surface area contributed by atoms with Crippen LogP contribution in [0.2, 0.25) is 0 Å². The van der Waals surface area contributed by atoms with E-state index < -0.39 is 23.9 Å². The molecule has 4 amide bonds. The largest absolute Gasteiger partial charge is 0.384 e. The van der Waals surface area contributed by atoms with Gasteiger partial charge in [0, 0.05) is 32.6 Å². The van der Waals surface area contributed by atoms with Gasteiger partial charge in [-0.25, -0.2) is 9.78 Å². The van der Waals surface area contributed by atoms with E-state index in [1.165, 1.54) is 4.90 Å². The van der Waals surface area contributed by atoms with Crippen LogP contribution in [0.4, 0.5) is 16.4 Å². The Morgan fingerprint density at radius 3 is 2.61 bits per heavy atom. The number of hydrogen-bond donors (Lipinski definition) is 2. The maximum Gasteiger partial charge on any atom is 0.325 e. The quantitative estimate of drug-likeness (QED) is 0.491. The molecule has 0 aliphatic carbocycles. The lowest BCUT2D eigenvalue weighted by atomic mass is 9.81. The minimum atomic E-state index is -0.978. The molecule has 188 valence electrons. The van der Waals surface area contributed by atoms with E-state index in [1.807, 2.05) is 38.1 Å². The summed E-state index contributed by atoms with van der Waals surface area (Å²) in [4.78, 5) is 46.7. The molecular formula is C26H31N7O3. The number of rotatable bonds is 7. The fourth-order valence-electron chi connectivity index (χ4n) is 4.62. The molecule has 10 heteroatoms. The summed E-state index contributed by atoms with van der Waals surface area (Å²) in [5.74, 6) is -0.753. The molecule has 0 unspecified atom stereocenters. The summed E-state index contributed by atoms with van der Waals surface area (Å²) >= 11 is 0. The molecule has 0 spiro atoms. The Balaban J connectivity index is 1.61. The topological polar surface area (TPSA) is 126 Å². The van der Waals surface area contributed by atoms with Crippen molar-refractivity contribution in [1.82, 2.24) is 25.0 Å². The summed E-state index contributed by atoms with van der Waals surface area (Å²) in [7, 11) is 3.34. The zero-order valence-corrected chi connectivity index (χ0v) is 20.9. The van der Waals surface area contributed by atoms with Gasteiger partial charge in [-0.3, -0.25) is 24.1 Å². The summed E-state index contributed by atoms with van der Waals surface area (Å²) in [5, 5.41) is 7.25. The Hall–Kier alpha value is -4.21. The molecule has 3 N–H and O–H groups in total. The first-order valence-electron chi connectivity index (χ1n) is 11.9. The number of nitrogens with one attached hydrogen (secondary N) is 1. The molecular weight excluding hydrogens is 458 g/mol. The van der Waals surface area contributed by atoms with Crippen LogP contribution in [-0.4, -0.2) is 50.6 Å². The molecule has 0 saturated carbocycles. The zero-order chi connectivity index (χ0) is 26.0. The van der Waals surface area contributed by atoms with E-state index in [0.717, 1.165) is 21.6 Å². The van der Waals surface area contributed by atoms with Crippen LogP contribution in [0, 0.1) is 12.8 Å². The molecule has 3 heterocycles. The fraction of sp³-hybridized carbons (Fsp3) is 0.346. The van der Waals surface area contributed by atoms with Gasteiger partial charge in [-0.15, -0.1) is 0 Å². The van der Waals surface area contributed by atoms with Crippen LogP contribution in [0.5, 0.6) is 0 Å². The number of amides is 4. The van der Waals surface area contributed by atoms with Crippen LogP contribution in [-0.2, 0) is 23.1 Å². The first-order valence-corrected chi connectivity index (χ1v) is 11.9. The van der Waals surface area contributed by atoms with Crippen LogP contribution in [0.15, 0.2) is 54.9 Å². The number of aromatic nitrogens is 3. The smallest absolute Gasteiger partial charge is 0.325 e. The van der Waals surface area contributed by atoms with Crippen molar-refractivity contribution in [2.45, 2.75) is 38.8 Å². The Labute approximate surface area is 210 Å². The number of anilines is 2. The van der Waals surface area contributed by atoms with Gasteiger partial charge in [0.25, 0.3) is 5.91 Å². The van der Waals surface area contributed by atoms with Crippen molar-refractivity contribution in [1.29, 1.82) is 0 Å². The number of pyridine rings is 1. The van der Waals surface area contributed by atoms with E-state index >= 15 is 0 Å². The third-order valence-electron chi connectivity index (χ3n) is 6.63. The molecule has 3 aromatic rings. The second-order valence-electron chi connectivity index (χ2n) is 9.06. The minimum absolute atomic E-state index is 0.261. The molecule has 1 saturated heterocycles. The van der Waals surface area contributed by atoms with E-state index in [1.54, 1.807) is 49.4 Å². The number of aryl methyl sites for hydroxylation is 2. The van der Waals surface area contributed by atoms with Crippen molar-refractivity contribution in [2.75, 3.05) is 17.7 Å². The molecule has 10 nitrogen and oxygen atoms in total. The van der Waals surface area contributed by atoms with Crippen LogP contribution < -0.4 is 16.0 Å². The number of likely N-dealkylation sites (N-methyl/N-ethyl adjacent to an activating group) is 1. The summed E-state index contributed by atoms with van der Waals surface area (Å²) < 4.78 is 1.58. The lowest BCUT2D eigenvalue weighted by molar-refractivity contribution is -0.156. The van der Waals surface area contributed by atoms with Crippen LogP contribution >= 0.6 is 0 Å². The van der Waals surface area contributed by atoms with Crippen LogP contribution in [0.3, 0.4) is 0 Å². The van der Waals surface area contributed by atoms with E-state index in [9.17, 15) is 14.4 Å². The number of carbonyl (C=O) groups excluding carboxylic acids is 3. The Morgan fingerprint density at radius 1 is 1.22 bits per heavy atom. The SMILES string of the molecule is CC[C@@H](NC(=O)N1C(=O)[C@H](Cc2ccnc(N)c2)[C@H]1C(=O)N(C)c1ccn(C)n1)c1ccccc1C. The number of likely N-dealkylation sites (tertiary alicyclic amines) is 1. The van der Waals surface area contributed by atoms with Gasteiger partial charge in [-0.1, -0.05) is 31.2 Å². The number of benzene rings is 1. The summed E-state index contributed by atoms with van der Waals surface area (Å²) in [6, 6.07) is 11.0. The highest BCUT2D eigenvalue weighted by Gasteiger charge is 2.55. The molecule has 3 atom stereocenters. The maximum atomic E-state index is 13.6. The average Bonchev–Trinajstić information content (AvgIpc) is 3.30. The fourth-order valence-corrected chi connectivity index (χ4v) is 4.62. The van der Waals surface area contributed by atoms with Gasteiger partial charge in [0.2, 0.25) is 5.91 Å². The highest BCUT2D eigenvalue weighted by molar-refractivity contribution is 6.12. The monoisotopic (exact) mass is 489 g/mol. The molecule has 0 bridgehead atoms. The van der Waals surface area contributed by atoms with Gasteiger partial charge >= 0.3 is 6.03 Å². The first kappa shape index (κ1) is 24.9.